The summed E-state index contributed by atoms with van der Waals surface area (Å²) >= 11 is 0. The number of rotatable bonds is 5. The van der Waals surface area contributed by atoms with Crippen molar-refractivity contribution in [1.29, 1.82) is 0 Å². The number of nitrogens with zero attached hydrogens (tertiary/aromatic N) is 2. The lowest BCUT2D eigenvalue weighted by molar-refractivity contribution is 0.569. The first kappa shape index (κ1) is 13.8. The van der Waals surface area contributed by atoms with Gasteiger partial charge in [-0.3, -0.25) is 0 Å². The van der Waals surface area contributed by atoms with Gasteiger partial charge in [-0.25, -0.2) is 4.98 Å². The minimum absolute atomic E-state index is 0.215. The van der Waals surface area contributed by atoms with Crippen LogP contribution in [-0.2, 0) is 7.05 Å². The van der Waals surface area contributed by atoms with Gasteiger partial charge in [0.05, 0.1) is 24.3 Å². The molecular weight excluding hydrogens is 234 g/mol. The Bertz CT molecular complexity index is 543. The fourth-order valence-corrected chi connectivity index (χ4v) is 2.27. The van der Waals surface area contributed by atoms with Gasteiger partial charge in [-0.15, -0.1) is 0 Å². The Hall–Kier alpha value is -1.61. The summed E-state index contributed by atoms with van der Waals surface area (Å²) < 4.78 is 2.09. The molecule has 2 aromatic rings. The largest absolute Gasteiger partial charge is 0.336 e. The highest BCUT2D eigenvalue weighted by Gasteiger charge is 2.16. The number of nitrogens with one attached hydrogen (secondary N) is 1. The fraction of sp³-hybridized carbons (Fsp3) is 0.438. The van der Waals surface area contributed by atoms with Gasteiger partial charge in [0.2, 0.25) is 0 Å². The second-order valence-corrected chi connectivity index (χ2v) is 5.16. The molecule has 1 aromatic carbocycles. The third-order valence-corrected chi connectivity index (χ3v) is 3.61. The molecule has 1 heterocycles. The second kappa shape index (κ2) is 6.02. The van der Waals surface area contributed by atoms with Gasteiger partial charge in [-0.05, 0) is 43.5 Å². The number of benzene rings is 1. The van der Waals surface area contributed by atoms with E-state index in [1.807, 2.05) is 19.6 Å². The molecule has 0 bridgehead atoms. The first-order chi connectivity index (χ1) is 9.13. The SMILES string of the molecule is CCCNC(c1ccc(C)c(C)c1)c1cncn1C. The normalized spacial score (nSPS) is 12.6. The number of imidazole rings is 1. The molecule has 0 spiro atoms. The predicted octanol–water partition coefficient (Wildman–Crippen LogP) is 3.13. The molecule has 0 amide bonds. The molecule has 3 heteroatoms. The molecule has 1 atom stereocenters. The smallest absolute Gasteiger partial charge is 0.0946 e. The van der Waals surface area contributed by atoms with Crippen molar-refractivity contribution in [2.45, 2.75) is 33.2 Å². The van der Waals surface area contributed by atoms with E-state index < -0.39 is 0 Å². The molecule has 3 nitrogen and oxygen atoms in total. The fourth-order valence-electron chi connectivity index (χ4n) is 2.27. The van der Waals surface area contributed by atoms with Crippen LogP contribution in [0.15, 0.2) is 30.7 Å². The maximum Gasteiger partial charge on any atom is 0.0946 e. The van der Waals surface area contributed by atoms with Crippen molar-refractivity contribution in [2.24, 2.45) is 7.05 Å². The van der Waals surface area contributed by atoms with E-state index in [1.54, 1.807) is 0 Å². The number of hydrogen-bond acceptors (Lipinski definition) is 2. The van der Waals surface area contributed by atoms with Gasteiger partial charge < -0.3 is 9.88 Å². The third-order valence-electron chi connectivity index (χ3n) is 3.61. The second-order valence-electron chi connectivity index (χ2n) is 5.16. The van der Waals surface area contributed by atoms with Gasteiger partial charge in [0, 0.05) is 7.05 Å². The average Bonchev–Trinajstić information content (AvgIpc) is 2.80. The first-order valence-corrected chi connectivity index (χ1v) is 6.90. The molecule has 1 aromatic heterocycles. The zero-order valence-corrected chi connectivity index (χ0v) is 12.3. The van der Waals surface area contributed by atoms with E-state index in [-0.39, 0.29) is 6.04 Å². The third kappa shape index (κ3) is 3.04. The lowest BCUT2D eigenvalue weighted by atomic mass is 9.99. The topological polar surface area (TPSA) is 29.9 Å². The van der Waals surface area contributed by atoms with Crippen LogP contribution in [-0.4, -0.2) is 16.1 Å². The standard InChI is InChI=1S/C16H23N3/c1-5-8-18-16(15-10-17-11-19(15)4)14-7-6-12(2)13(3)9-14/h6-7,9-11,16,18H,5,8H2,1-4H3. The van der Waals surface area contributed by atoms with Gasteiger partial charge in [-0.2, -0.15) is 0 Å². The van der Waals surface area contributed by atoms with Crippen molar-refractivity contribution in [2.75, 3.05) is 6.54 Å². The monoisotopic (exact) mass is 257 g/mol. The quantitative estimate of drug-likeness (QED) is 0.892. The zero-order chi connectivity index (χ0) is 13.8. The molecule has 102 valence electrons. The van der Waals surface area contributed by atoms with Gasteiger partial charge in [0.15, 0.2) is 0 Å². The van der Waals surface area contributed by atoms with Crippen molar-refractivity contribution in [3.8, 4) is 0 Å². The Kier molecular flexibility index (Phi) is 4.38. The minimum Gasteiger partial charge on any atom is -0.336 e. The summed E-state index contributed by atoms with van der Waals surface area (Å²) in [5, 5.41) is 3.61. The number of aromatic nitrogens is 2. The first-order valence-electron chi connectivity index (χ1n) is 6.90. The highest BCUT2D eigenvalue weighted by molar-refractivity contribution is 5.35. The van der Waals surface area contributed by atoms with Crippen LogP contribution >= 0.6 is 0 Å². The highest BCUT2D eigenvalue weighted by Crippen LogP contribution is 2.23. The molecule has 1 N–H and O–H groups in total. The van der Waals surface area contributed by atoms with Crippen LogP contribution in [0.25, 0.3) is 0 Å². The Labute approximate surface area is 115 Å². The summed E-state index contributed by atoms with van der Waals surface area (Å²) in [5.74, 6) is 0. The van der Waals surface area contributed by atoms with E-state index in [2.05, 4.69) is 53.8 Å². The van der Waals surface area contributed by atoms with Crippen molar-refractivity contribution in [1.82, 2.24) is 14.9 Å². The molecule has 19 heavy (non-hydrogen) atoms. The average molecular weight is 257 g/mol. The van der Waals surface area contributed by atoms with Crippen LogP contribution < -0.4 is 5.32 Å². The van der Waals surface area contributed by atoms with E-state index >= 15 is 0 Å². The molecule has 0 saturated heterocycles. The maximum absolute atomic E-state index is 4.24. The zero-order valence-electron chi connectivity index (χ0n) is 12.3. The Morgan fingerprint density at radius 3 is 2.63 bits per heavy atom. The lowest BCUT2D eigenvalue weighted by Crippen LogP contribution is -2.25. The van der Waals surface area contributed by atoms with Gasteiger partial charge in [-0.1, -0.05) is 25.1 Å². The van der Waals surface area contributed by atoms with Crippen LogP contribution in [0.4, 0.5) is 0 Å². The van der Waals surface area contributed by atoms with E-state index in [0.29, 0.717) is 0 Å². The van der Waals surface area contributed by atoms with Crippen LogP contribution in [0, 0.1) is 13.8 Å². The summed E-state index contributed by atoms with van der Waals surface area (Å²) in [5.41, 5.74) is 5.18. The minimum atomic E-state index is 0.215. The van der Waals surface area contributed by atoms with E-state index in [9.17, 15) is 0 Å². The molecule has 0 saturated carbocycles. The summed E-state index contributed by atoms with van der Waals surface area (Å²) in [7, 11) is 2.05. The predicted molar refractivity (Wildman–Crippen MR) is 79.3 cm³/mol. The van der Waals surface area contributed by atoms with Crippen molar-refractivity contribution >= 4 is 0 Å². The Morgan fingerprint density at radius 1 is 1.26 bits per heavy atom. The summed E-state index contributed by atoms with van der Waals surface area (Å²) in [4.78, 5) is 4.24. The highest BCUT2D eigenvalue weighted by atomic mass is 15.1. The molecule has 0 aliphatic carbocycles. The Morgan fingerprint density at radius 2 is 2.05 bits per heavy atom. The summed E-state index contributed by atoms with van der Waals surface area (Å²) in [6.07, 6.45) is 4.93. The lowest BCUT2D eigenvalue weighted by Gasteiger charge is -2.20. The molecule has 0 aliphatic heterocycles. The molecule has 0 radical (unpaired) electrons. The summed E-state index contributed by atoms with van der Waals surface area (Å²) in [6.45, 7) is 7.51. The van der Waals surface area contributed by atoms with E-state index in [4.69, 9.17) is 0 Å². The van der Waals surface area contributed by atoms with Gasteiger partial charge in [0.1, 0.15) is 0 Å². The van der Waals surface area contributed by atoms with Crippen LogP contribution in [0.5, 0.6) is 0 Å². The molecule has 0 fully saturated rings. The van der Waals surface area contributed by atoms with Crippen molar-refractivity contribution in [3.05, 3.63) is 53.1 Å². The van der Waals surface area contributed by atoms with Crippen LogP contribution in [0.2, 0.25) is 0 Å². The van der Waals surface area contributed by atoms with E-state index in [0.717, 1.165) is 13.0 Å². The van der Waals surface area contributed by atoms with Gasteiger partial charge in [0.25, 0.3) is 0 Å². The summed E-state index contributed by atoms with van der Waals surface area (Å²) in [6, 6.07) is 6.90. The Balaban J connectivity index is 2.37. The van der Waals surface area contributed by atoms with Crippen molar-refractivity contribution < 1.29 is 0 Å². The number of hydrogen-bond donors (Lipinski definition) is 1. The molecule has 1 unspecified atom stereocenters. The van der Waals surface area contributed by atoms with Crippen LogP contribution in [0.1, 0.15) is 41.8 Å². The maximum atomic E-state index is 4.24. The molecule has 0 aliphatic rings. The molecule has 2 rings (SSSR count). The number of aryl methyl sites for hydroxylation is 3. The van der Waals surface area contributed by atoms with Crippen LogP contribution in [0.3, 0.4) is 0 Å². The van der Waals surface area contributed by atoms with E-state index in [1.165, 1.54) is 22.4 Å². The molecular formula is C16H23N3. The van der Waals surface area contributed by atoms with Gasteiger partial charge >= 0.3 is 0 Å². The van der Waals surface area contributed by atoms with Crippen molar-refractivity contribution in [3.63, 3.8) is 0 Å².